The van der Waals surface area contributed by atoms with Gasteiger partial charge in [-0.2, -0.15) is 0 Å². The first-order valence-electron chi connectivity index (χ1n) is 5.61. The second kappa shape index (κ2) is 6.06. The summed E-state index contributed by atoms with van der Waals surface area (Å²) < 4.78 is 10.3. The molecule has 2 aromatic rings. The van der Waals surface area contributed by atoms with Crippen molar-refractivity contribution in [2.24, 2.45) is 0 Å². The topological polar surface area (TPSA) is 47.3 Å². The lowest BCUT2D eigenvalue weighted by molar-refractivity contribution is 0.395. The summed E-state index contributed by atoms with van der Waals surface area (Å²) in [6, 6.07) is 9.63. The maximum atomic E-state index is 5.25. The maximum Gasteiger partial charge on any atom is 0.213 e. The van der Waals surface area contributed by atoms with Crippen LogP contribution in [0.2, 0.25) is 0 Å². The van der Waals surface area contributed by atoms with E-state index in [9.17, 15) is 0 Å². The van der Waals surface area contributed by atoms with Crippen LogP contribution in [0.5, 0.6) is 5.88 Å². The van der Waals surface area contributed by atoms with Crippen LogP contribution < -0.4 is 10.1 Å². The molecule has 0 aliphatic heterocycles. The van der Waals surface area contributed by atoms with E-state index in [0.29, 0.717) is 5.88 Å². The Kier molecular flexibility index (Phi) is 4.16. The molecule has 4 nitrogen and oxygen atoms in total. The van der Waals surface area contributed by atoms with Crippen LogP contribution >= 0.6 is 0 Å². The zero-order valence-corrected chi connectivity index (χ0v) is 9.85. The summed E-state index contributed by atoms with van der Waals surface area (Å²) in [5, 5.41) is 3.31. The van der Waals surface area contributed by atoms with Crippen molar-refractivity contribution in [3.8, 4) is 5.88 Å². The first-order valence-corrected chi connectivity index (χ1v) is 5.61. The van der Waals surface area contributed by atoms with Gasteiger partial charge in [-0.25, -0.2) is 4.98 Å². The average Bonchev–Trinajstić information content (AvgIpc) is 2.88. The van der Waals surface area contributed by atoms with E-state index in [4.69, 9.17) is 9.15 Å². The van der Waals surface area contributed by atoms with Crippen molar-refractivity contribution in [1.29, 1.82) is 0 Å². The Hall–Kier alpha value is -1.81. The van der Waals surface area contributed by atoms with Crippen LogP contribution in [0.1, 0.15) is 11.5 Å². The fourth-order valence-electron chi connectivity index (χ4n) is 1.55. The summed E-state index contributed by atoms with van der Waals surface area (Å²) in [4.78, 5) is 4.32. The summed E-state index contributed by atoms with van der Waals surface area (Å²) in [5.74, 6) is 1.64. The number of rotatable bonds is 6. The quantitative estimate of drug-likeness (QED) is 0.774. The first kappa shape index (κ1) is 11.7. The molecule has 0 atom stereocenters. The molecule has 90 valence electrons. The van der Waals surface area contributed by atoms with Crippen LogP contribution in [-0.4, -0.2) is 18.6 Å². The van der Waals surface area contributed by atoms with Gasteiger partial charge < -0.3 is 14.5 Å². The third kappa shape index (κ3) is 3.60. The highest BCUT2D eigenvalue weighted by Gasteiger charge is 1.98. The molecule has 0 aromatic carbocycles. The number of hydrogen-bond donors (Lipinski definition) is 1. The Morgan fingerprint density at radius 2 is 2.24 bits per heavy atom. The predicted molar refractivity (Wildman–Crippen MR) is 64.9 cm³/mol. The van der Waals surface area contributed by atoms with Crippen LogP contribution in [-0.2, 0) is 13.0 Å². The van der Waals surface area contributed by atoms with Crippen molar-refractivity contribution in [3.63, 3.8) is 0 Å². The van der Waals surface area contributed by atoms with E-state index in [1.165, 1.54) is 0 Å². The molecule has 0 unspecified atom stereocenters. The first-order chi connectivity index (χ1) is 8.38. The maximum absolute atomic E-state index is 5.25. The van der Waals surface area contributed by atoms with Crippen molar-refractivity contribution >= 4 is 0 Å². The second-order valence-corrected chi connectivity index (χ2v) is 3.68. The standard InChI is InChI=1S/C13H16N2O2/c1-16-13-6-2-4-11(15-13)10-14-8-7-12-5-3-9-17-12/h2-6,9,14H,7-8,10H2,1H3. The number of nitrogens with zero attached hydrogens (tertiary/aromatic N) is 1. The molecular formula is C13H16N2O2. The highest BCUT2D eigenvalue weighted by Crippen LogP contribution is 2.06. The van der Waals surface area contributed by atoms with Gasteiger partial charge in [-0.1, -0.05) is 6.07 Å². The molecule has 17 heavy (non-hydrogen) atoms. The molecule has 1 N–H and O–H groups in total. The summed E-state index contributed by atoms with van der Waals surface area (Å²) in [7, 11) is 1.62. The van der Waals surface area contributed by atoms with E-state index in [2.05, 4.69) is 10.3 Å². The van der Waals surface area contributed by atoms with E-state index >= 15 is 0 Å². The van der Waals surface area contributed by atoms with Gasteiger partial charge in [0.15, 0.2) is 0 Å². The Morgan fingerprint density at radius 1 is 1.29 bits per heavy atom. The highest BCUT2D eigenvalue weighted by atomic mass is 16.5. The highest BCUT2D eigenvalue weighted by molar-refractivity contribution is 5.15. The fourth-order valence-corrected chi connectivity index (χ4v) is 1.55. The molecular weight excluding hydrogens is 216 g/mol. The van der Waals surface area contributed by atoms with Gasteiger partial charge in [-0.3, -0.25) is 0 Å². The van der Waals surface area contributed by atoms with Crippen molar-refractivity contribution in [2.75, 3.05) is 13.7 Å². The molecule has 2 heterocycles. The van der Waals surface area contributed by atoms with Gasteiger partial charge in [0.2, 0.25) is 5.88 Å². The van der Waals surface area contributed by atoms with Crippen LogP contribution in [0.3, 0.4) is 0 Å². The number of furan rings is 1. The zero-order valence-electron chi connectivity index (χ0n) is 9.85. The van der Waals surface area contributed by atoms with Gasteiger partial charge in [0.1, 0.15) is 5.76 Å². The molecule has 4 heteroatoms. The number of hydrogen-bond acceptors (Lipinski definition) is 4. The van der Waals surface area contributed by atoms with E-state index < -0.39 is 0 Å². The lowest BCUT2D eigenvalue weighted by Crippen LogP contribution is -2.17. The van der Waals surface area contributed by atoms with E-state index in [1.807, 2.05) is 30.3 Å². The Labute approximate surface area is 101 Å². The fraction of sp³-hybridized carbons (Fsp3) is 0.308. The lowest BCUT2D eigenvalue weighted by atomic mass is 10.3. The van der Waals surface area contributed by atoms with Gasteiger partial charge >= 0.3 is 0 Å². The third-order valence-electron chi connectivity index (χ3n) is 2.42. The zero-order chi connectivity index (χ0) is 11.9. The Bertz CT molecular complexity index is 440. The molecule has 2 rings (SSSR count). The van der Waals surface area contributed by atoms with E-state index in [-0.39, 0.29) is 0 Å². The molecule has 0 saturated heterocycles. The van der Waals surface area contributed by atoms with Gasteiger partial charge in [0.05, 0.1) is 19.1 Å². The van der Waals surface area contributed by atoms with Gasteiger partial charge in [-0.15, -0.1) is 0 Å². The molecule has 0 fully saturated rings. The SMILES string of the molecule is COc1cccc(CNCCc2ccco2)n1. The number of ether oxygens (including phenoxy) is 1. The van der Waals surface area contributed by atoms with Crippen LogP contribution in [0.25, 0.3) is 0 Å². The van der Waals surface area contributed by atoms with Crippen LogP contribution in [0.15, 0.2) is 41.0 Å². The second-order valence-electron chi connectivity index (χ2n) is 3.68. The van der Waals surface area contributed by atoms with Crippen LogP contribution in [0.4, 0.5) is 0 Å². The molecule has 0 bridgehead atoms. The van der Waals surface area contributed by atoms with Gasteiger partial charge in [-0.05, 0) is 18.2 Å². The van der Waals surface area contributed by atoms with Crippen molar-refractivity contribution in [2.45, 2.75) is 13.0 Å². The number of pyridine rings is 1. The largest absolute Gasteiger partial charge is 0.481 e. The van der Waals surface area contributed by atoms with Gasteiger partial charge in [0, 0.05) is 25.6 Å². The predicted octanol–water partition coefficient (Wildman–Crippen LogP) is 2.02. The summed E-state index contributed by atoms with van der Waals surface area (Å²) in [6.45, 7) is 1.60. The van der Waals surface area contributed by atoms with Gasteiger partial charge in [0.25, 0.3) is 0 Å². The van der Waals surface area contributed by atoms with Crippen molar-refractivity contribution in [3.05, 3.63) is 48.0 Å². The Balaban J connectivity index is 1.74. The minimum absolute atomic E-state index is 0.648. The molecule has 0 spiro atoms. The molecule has 0 radical (unpaired) electrons. The minimum Gasteiger partial charge on any atom is -0.481 e. The number of methoxy groups -OCH3 is 1. The minimum atomic E-state index is 0.648. The molecule has 0 saturated carbocycles. The third-order valence-corrected chi connectivity index (χ3v) is 2.42. The summed E-state index contributed by atoms with van der Waals surface area (Å²) in [5.41, 5.74) is 0.976. The average molecular weight is 232 g/mol. The normalized spacial score (nSPS) is 10.4. The molecule has 0 aliphatic rings. The monoisotopic (exact) mass is 232 g/mol. The smallest absolute Gasteiger partial charge is 0.213 e. The molecule has 0 aliphatic carbocycles. The van der Waals surface area contributed by atoms with E-state index in [1.54, 1.807) is 13.4 Å². The molecule has 2 aromatic heterocycles. The Morgan fingerprint density at radius 3 is 3.00 bits per heavy atom. The van der Waals surface area contributed by atoms with Crippen molar-refractivity contribution in [1.82, 2.24) is 10.3 Å². The van der Waals surface area contributed by atoms with Crippen molar-refractivity contribution < 1.29 is 9.15 Å². The number of nitrogens with one attached hydrogen (secondary N) is 1. The molecule has 0 amide bonds. The van der Waals surface area contributed by atoms with Crippen LogP contribution in [0, 0.1) is 0 Å². The lowest BCUT2D eigenvalue weighted by Gasteiger charge is -2.04. The van der Waals surface area contributed by atoms with E-state index in [0.717, 1.165) is 31.0 Å². The summed E-state index contributed by atoms with van der Waals surface area (Å²) >= 11 is 0. The summed E-state index contributed by atoms with van der Waals surface area (Å²) in [6.07, 6.45) is 2.58. The number of aromatic nitrogens is 1.